The average Bonchev–Trinajstić information content (AvgIpc) is 2.33. The van der Waals surface area contributed by atoms with Crippen LogP contribution in [0.1, 0.15) is 16.2 Å². The number of aromatic nitrogens is 2. The van der Waals surface area contributed by atoms with Gasteiger partial charge in [-0.25, -0.2) is 18.7 Å². The van der Waals surface area contributed by atoms with Gasteiger partial charge in [-0.05, 0) is 19.1 Å². The van der Waals surface area contributed by atoms with Crippen molar-refractivity contribution in [1.29, 1.82) is 0 Å². The SMILES string of the molecule is Cc1nc(Cl)c(C=O)c(Nc2c(F)cccc2F)n1. The molecule has 2 aromatic rings. The second-order valence-electron chi connectivity index (χ2n) is 3.66. The number of rotatable bonds is 3. The monoisotopic (exact) mass is 283 g/mol. The van der Waals surface area contributed by atoms with Gasteiger partial charge in [0.15, 0.2) is 6.29 Å². The van der Waals surface area contributed by atoms with E-state index in [-0.39, 0.29) is 22.4 Å². The lowest BCUT2D eigenvalue weighted by atomic mass is 10.2. The third-order valence-electron chi connectivity index (χ3n) is 2.33. The van der Waals surface area contributed by atoms with Crippen molar-refractivity contribution in [1.82, 2.24) is 9.97 Å². The van der Waals surface area contributed by atoms with E-state index in [4.69, 9.17) is 11.6 Å². The summed E-state index contributed by atoms with van der Waals surface area (Å²) >= 11 is 5.77. The van der Waals surface area contributed by atoms with E-state index in [0.717, 1.165) is 12.1 Å². The summed E-state index contributed by atoms with van der Waals surface area (Å²) < 4.78 is 27.0. The highest BCUT2D eigenvalue weighted by atomic mass is 35.5. The molecule has 0 aliphatic carbocycles. The Kier molecular flexibility index (Phi) is 3.71. The van der Waals surface area contributed by atoms with Crippen molar-refractivity contribution >= 4 is 29.4 Å². The number of halogens is 3. The van der Waals surface area contributed by atoms with Crippen molar-refractivity contribution < 1.29 is 13.6 Å². The number of hydrogen-bond donors (Lipinski definition) is 1. The van der Waals surface area contributed by atoms with Crippen LogP contribution in [0.3, 0.4) is 0 Å². The molecule has 4 nitrogen and oxygen atoms in total. The lowest BCUT2D eigenvalue weighted by Gasteiger charge is -2.10. The van der Waals surface area contributed by atoms with Crippen molar-refractivity contribution in [3.8, 4) is 0 Å². The van der Waals surface area contributed by atoms with Gasteiger partial charge in [0.05, 0.1) is 5.56 Å². The topological polar surface area (TPSA) is 54.9 Å². The lowest BCUT2D eigenvalue weighted by molar-refractivity contribution is 0.112. The van der Waals surface area contributed by atoms with Crippen molar-refractivity contribution in [2.75, 3.05) is 5.32 Å². The summed E-state index contributed by atoms with van der Waals surface area (Å²) in [4.78, 5) is 18.6. The Morgan fingerprint density at radius 2 is 1.89 bits per heavy atom. The zero-order valence-corrected chi connectivity index (χ0v) is 10.5. The van der Waals surface area contributed by atoms with Gasteiger partial charge in [-0.1, -0.05) is 17.7 Å². The Labute approximate surface area is 112 Å². The Bertz CT molecular complexity index is 629. The molecule has 0 aliphatic heterocycles. The lowest BCUT2D eigenvalue weighted by Crippen LogP contribution is -2.05. The highest BCUT2D eigenvalue weighted by Gasteiger charge is 2.15. The molecule has 1 aromatic heterocycles. The molecular formula is C12H8ClF2N3O. The van der Waals surface area contributed by atoms with E-state index >= 15 is 0 Å². The van der Waals surface area contributed by atoms with Crippen LogP contribution in [0.15, 0.2) is 18.2 Å². The van der Waals surface area contributed by atoms with Gasteiger partial charge in [-0.15, -0.1) is 0 Å². The van der Waals surface area contributed by atoms with Crippen molar-refractivity contribution in [3.05, 3.63) is 46.4 Å². The minimum atomic E-state index is -0.802. The largest absolute Gasteiger partial charge is 0.335 e. The Hall–Kier alpha value is -2.08. The maximum absolute atomic E-state index is 13.5. The van der Waals surface area contributed by atoms with Gasteiger partial charge in [0.25, 0.3) is 0 Å². The first-order valence-corrected chi connectivity index (χ1v) is 5.61. The molecule has 0 saturated carbocycles. The van der Waals surface area contributed by atoms with E-state index in [0.29, 0.717) is 6.29 Å². The molecule has 1 heterocycles. The van der Waals surface area contributed by atoms with Crippen LogP contribution < -0.4 is 5.32 Å². The fraction of sp³-hybridized carbons (Fsp3) is 0.0833. The van der Waals surface area contributed by atoms with Crippen molar-refractivity contribution in [3.63, 3.8) is 0 Å². The first kappa shape index (κ1) is 13.4. The molecule has 1 N–H and O–H groups in total. The Morgan fingerprint density at radius 1 is 1.26 bits per heavy atom. The Balaban J connectivity index is 2.52. The summed E-state index contributed by atoms with van der Waals surface area (Å²) in [5.41, 5.74) is -0.463. The molecule has 0 amide bonds. The maximum Gasteiger partial charge on any atom is 0.156 e. The summed E-state index contributed by atoms with van der Waals surface area (Å²) in [6.07, 6.45) is 0.420. The van der Waals surface area contributed by atoms with Crippen LogP contribution in [0.2, 0.25) is 5.15 Å². The molecule has 0 radical (unpaired) electrons. The van der Waals surface area contributed by atoms with Gasteiger partial charge in [0.1, 0.15) is 34.1 Å². The molecule has 0 atom stereocenters. The van der Waals surface area contributed by atoms with E-state index in [2.05, 4.69) is 15.3 Å². The average molecular weight is 284 g/mol. The second-order valence-corrected chi connectivity index (χ2v) is 4.02. The number of anilines is 2. The van der Waals surface area contributed by atoms with E-state index < -0.39 is 17.3 Å². The van der Waals surface area contributed by atoms with Crippen LogP contribution in [0.5, 0.6) is 0 Å². The number of benzene rings is 1. The van der Waals surface area contributed by atoms with Crippen molar-refractivity contribution in [2.24, 2.45) is 0 Å². The summed E-state index contributed by atoms with van der Waals surface area (Å²) in [6, 6.07) is 3.40. The molecule has 2 rings (SSSR count). The second kappa shape index (κ2) is 5.27. The zero-order chi connectivity index (χ0) is 14.0. The number of nitrogens with zero attached hydrogens (tertiary/aromatic N) is 2. The minimum absolute atomic E-state index is 0.0449. The van der Waals surface area contributed by atoms with E-state index in [1.54, 1.807) is 6.92 Å². The van der Waals surface area contributed by atoms with Gasteiger partial charge in [0, 0.05) is 0 Å². The predicted molar refractivity (Wildman–Crippen MR) is 66.8 cm³/mol. The number of hydrogen-bond acceptors (Lipinski definition) is 4. The molecule has 7 heteroatoms. The molecule has 0 bridgehead atoms. The van der Waals surface area contributed by atoms with Crippen LogP contribution >= 0.6 is 11.6 Å². The summed E-state index contributed by atoms with van der Waals surface area (Å²) in [6.45, 7) is 1.54. The third-order valence-corrected chi connectivity index (χ3v) is 2.62. The molecule has 1 aromatic carbocycles. The van der Waals surface area contributed by atoms with Gasteiger partial charge < -0.3 is 5.32 Å². The molecule has 98 valence electrons. The molecular weight excluding hydrogens is 276 g/mol. The van der Waals surface area contributed by atoms with Crippen LogP contribution in [-0.4, -0.2) is 16.3 Å². The van der Waals surface area contributed by atoms with E-state index in [9.17, 15) is 13.6 Å². The first-order chi connectivity index (χ1) is 9.02. The number of carbonyl (C=O) groups is 1. The molecule has 0 fully saturated rings. The fourth-order valence-electron chi connectivity index (χ4n) is 1.48. The van der Waals surface area contributed by atoms with Crippen molar-refractivity contribution in [2.45, 2.75) is 6.92 Å². The normalized spacial score (nSPS) is 10.3. The zero-order valence-electron chi connectivity index (χ0n) is 9.75. The highest BCUT2D eigenvalue weighted by Crippen LogP contribution is 2.26. The Morgan fingerprint density at radius 3 is 2.47 bits per heavy atom. The highest BCUT2D eigenvalue weighted by molar-refractivity contribution is 6.32. The predicted octanol–water partition coefficient (Wildman–Crippen LogP) is 3.27. The summed E-state index contributed by atoms with van der Waals surface area (Å²) in [7, 11) is 0. The van der Waals surface area contributed by atoms with Crippen LogP contribution in [0, 0.1) is 18.6 Å². The smallest absolute Gasteiger partial charge is 0.156 e. The quantitative estimate of drug-likeness (QED) is 0.694. The number of aryl methyl sites for hydroxylation is 1. The molecule has 0 aliphatic rings. The fourth-order valence-corrected chi connectivity index (χ4v) is 1.74. The number of carbonyl (C=O) groups excluding carboxylic acids is 1. The minimum Gasteiger partial charge on any atom is -0.335 e. The van der Waals surface area contributed by atoms with Gasteiger partial charge >= 0.3 is 0 Å². The van der Waals surface area contributed by atoms with Crippen LogP contribution in [-0.2, 0) is 0 Å². The molecule has 0 saturated heterocycles. The summed E-state index contributed by atoms with van der Waals surface area (Å²) in [5, 5.41) is 2.34. The van der Waals surface area contributed by atoms with Crippen LogP contribution in [0.4, 0.5) is 20.3 Å². The maximum atomic E-state index is 13.5. The van der Waals surface area contributed by atoms with E-state index in [1.165, 1.54) is 6.07 Å². The molecule has 0 spiro atoms. The van der Waals surface area contributed by atoms with Gasteiger partial charge in [-0.3, -0.25) is 4.79 Å². The van der Waals surface area contributed by atoms with Gasteiger partial charge in [-0.2, -0.15) is 0 Å². The number of aldehydes is 1. The van der Waals surface area contributed by atoms with E-state index in [1.807, 2.05) is 0 Å². The molecule has 19 heavy (non-hydrogen) atoms. The number of para-hydroxylation sites is 1. The third kappa shape index (κ3) is 2.68. The molecule has 0 unspecified atom stereocenters. The standard InChI is InChI=1S/C12H8ClF2N3O/c1-6-16-11(13)7(5-19)12(17-6)18-10-8(14)3-2-4-9(10)15/h2-5H,1H3,(H,16,17,18). The summed E-state index contributed by atoms with van der Waals surface area (Å²) in [5.74, 6) is -1.38. The number of nitrogens with one attached hydrogen (secondary N) is 1. The van der Waals surface area contributed by atoms with Crippen LogP contribution in [0.25, 0.3) is 0 Å². The van der Waals surface area contributed by atoms with Gasteiger partial charge in [0.2, 0.25) is 0 Å². The first-order valence-electron chi connectivity index (χ1n) is 5.23.